The molecule has 0 aliphatic heterocycles. The zero-order valence-electron chi connectivity index (χ0n) is 11.7. The Labute approximate surface area is 123 Å². The van der Waals surface area contributed by atoms with Crippen molar-refractivity contribution in [3.05, 3.63) is 36.5 Å². The first-order valence-electron chi connectivity index (χ1n) is 7.41. The van der Waals surface area contributed by atoms with Crippen molar-refractivity contribution in [2.45, 2.75) is 19.3 Å². The summed E-state index contributed by atoms with van der Waals surface area (Å²) in [6.07, 6.45) is 5.12. The number of anilines is 2. The molecule has 1 heterocycles. The number of amides is 1. The average Bonchev–Trinajstić information content (AvgIpc) is 2.88. The molecule has 0 bridgehead atoms. The predicted octanol–water partition coefficient (Wildman–Crippen LogP) is 2.44. The minimum Gasteiger partial charge on any atom is -0.399 e. The Hall–Kier alpha value is -2.30. The number of aromatic nitrogens is 2. The molecule has 0 saturated heterocycles. The first-order valence-corrected chi connectivity index (χ1v) is 7.41. The quantitative estimate of drug-likeness (QED) is 0.849. The predicted molar refractivity (Wildman–Crippen MR) is 80.9 cm³/mol. The van der Waals surface area contributed by atoms with Crippen LogP contribution >= 0.6 is 0 Å². The van der Waals surface area contributed by atoms with Crippen LogP contribution < -0.4 is 11.1 Å². The molecule has 2 aliphatic rings. The third-order valence-electron chi connectivity index (χ3n) is 4.65. The van der Waals surface area contributed by atoms with Crippen LogP contribution in [0.5, 0.6) is 0 Å². The molecule has 1 amide bonds. The van der Waals surface area contributed by atoms with Crippen molar-refractivity contribution in [1.82, 2.24) is 9.78 Å². The number of carbonyl (C=O) groups excluding carboxylic acids is 1. The zero-order chi connectivity index (χ0) is 14.4. The highest BCUT2D eigenvalue weighted by molar-refractivity contribution is 5.92. The molecule has 4 rings (SSSR count). The number of carbonyl (C=O) groups is 1. The molecule has 2 saturated carbocycles. The summed E-state index contributed by atoms with van der Waals surface area (Å²) in [7, 11) is 0. The van der Waals surface area contributed by atoms with Crippen molar-refractivity contribution >= 4 is 17.4 Å². The highest BCUT2D eigenvalue weighted by atomic mass is 16.2. The lowest BCUT2D eigenvalue weighted by atomic mass is 10.0. The Balaban J connectivity index is 1.52. The lowest BCUT2D eigenvalue weighted by molar-refractivity contribution is -0.120. The van der Waals surface area contributed by atoms with Gasteiger partial charge in [-0.15, -0.1) is 0 Å². The standard InChI is InChI=1S/C16H18N4O/c17-13-1-3-14(4-2-13)20-15(5-6-18-20)19-16(21)12-8-10-7-11(10)9-12/h1-6,10-12H,7-9,17H2,(H,19,21). The summed E-state index contributed by atoms with van der Waals surface area (Å²) in [5.74, 6) is 2.62. The van der Waals surface area contributed by atoms with Crippen molar-refractivity contribution < 1.29 is 4.79 Å². The van der Waals surface area contributed by atoms with Gasteiger partial charge in [0.1, 0.15) is 5.82 Å². The van der Waals surface area contributed by atoms with Gasteiger partial charge in [-0.3, -0.25) is 4.79 Å². The van der Waals surface area contributed by atoms with Crippen LogP contribution in [0.15, 0.2) is 36.5 Å². The summed E-state index contributed by atoms with van der Waals surface area (Å²) in [5, 5.41) is 7.30. The van der Waals surface area contributed by atoms with E-state index >= 15 is 0 Å². The first-order chi connectivity index (χ1) is 10.2. The number of rotatable bonds is 3. The number of hydrogen-bond acceptors (Lipinski definition) is 3. The van der Waals surface area contributed by atoms with Gasteiger partial charge in [-0.2, -0.15) is 5.10 Å². The lowest BCUT2D eigenvalue weighted by Crippen LogP contribution is -2.23. The van der Waals surface area contributed by atoms with Gasteiger partial charge in [0.05, 0.1) is 11.9 Å². The molecule has 5 heteroatoms. The van der Waals surface area contributed by atoms with Crippen LogP contribution in [0.25, 0.3) is 5.69 Å². The van der Waals surface area contributed by atoms with E-state index in [0.29, 0.717) is 11.5 Å². The van der Waals surface area contributed by atoms with Gasteiger partial charge in [-0.1, -0.05) is 0 Å². The van der Waals surface area contributed by atoms with Crippen LogP contribution in [0.4, 0.5) is 11.5 Å². The molecule has 2 unspecified atom stereocenters. The topological polar surface area (TPSA) is 72.9 Å². The Morgan fingerprint density at radius 2 is 1.86 bits per heavy atom. The highest BCUT2D eigenvalue weighted by Gasteiger charge is 2.48. The Morgan fingerprint density at radius 3 is 2.57 bits per heavy atom. The van der Waals surface area contributed by atoms with Gasteiger partial charge < -0.3 is 11.1 Å². The van der Waals surface area contributed by atoms with Gasteiger partial charge >= 0.3 is 0 Å². The fraction of sp³-hybridized carbons (Fsp3) is 0.375. The Bertz CT molecular complexity index is 666. The van der Waals surface area contributed by atoms with E-state index in [1.165, 1.54) is 6.42 Å². The third-order valence-corrected chi connectivity index (χ3v) is 4.65. The van der Waals surface area contributed by atoms with Crippen molar-refractivity contribution in [2.24, 2.45) is 17.8 Å². The Kier molecular flexibility index (Phi) is 2.74. The number of hydrogen-bond donors (Lipinski definition) is 2. The smallest absolute Gasteiger partial charge is 0.228 e. The number of nitrogens with one attached hydrogen (secondary N) is 1. The Morgan fingerprint density at radius 1 is 1.14 bits per heavy atom. The monoisotopic (exact) mass is 282 g/mol. The minimum absolute atomic E-state index is 0.124. The summed E-state index contributed by atoms with van der Waals surface area (Å²) in [6, 6.07) is 9.26. The second-order valence-electron chi connectivity index (χ2n) is 6.13. The van der Waals surface area contributed by atoms with Gasteiger partial charge in [0, 0.05) is 17.7 Å². The van der Waals surface area contributed by atoms with Crippen LogP contribution in [-0.2, 0) is 4.79 Å². The molecule has 0 spiro atoms. The molecule has 0 radical (unpaired) electrons. The lowest BCUT2D eigenvalue weighted by Gasteiger charge is -2.13. The van der Waals surface area contributed by atoms with E-state index in [9.17, 15) is 4.79 Å². The summed E-state index contributed by atoms with van der Waals surface area (Å²) in [5.41, 5.74) is 7.30. The second-order valence-corrected chi connectivity index (χ2v) is 6.13. The summed E-state index contributed by atoms with van der Waals surface area (Å²) < 4.78 is 1.73. The number of nitrogen functional groups attached to an aromatic ring is 1. The first kappa shape index (κ1) is 12.4. The van der Waals surface area contributed by atoms with Crippen molar-refractivity contribution in [3.63, 3.8) is 0 Å². The van der Waals surface area contributed by atoms with E-state index in [1.807, 2.05) is 30.3 Å². The third kappa shape index (κ3) is 2.28. The fourth-order valence-corrected chi connectivity index (χ4v) is 3.38. The van der Waals surface area contributed by atoms with Crippen molar-refractivity contribution in [2.75, 3.05) is 11.1 Å². The molecular weight excluding hydrogens is 264 g/mol. The molecule has 2 aromatic rings. The maximum atomic E-state index is 12.3. The van der Waals surface area contributed by atoms with Gasteiger partial charge in [0.25, 0.3) is 0 Å². The zero-order valence-corrected chi connectivity index (χ0v) is 11.7. The fourth-order valence-electron chi connectivity index (χ4n) is 3.38. The maximum absolute atomic E-state index is 12.3. The van der Waals surface area contributed by atoms with E-state index in [0.717, 1.165) is 30.4 Å². The normalized spacial score (nSPS) is 26.4. The van der Waals surface area contributed by atoms with Crippen LogP contribution in [0, 0.1) is 17.8 Å². The van der Waals surface area contributed by atoms with Gasteiger partial charge in [-0.25, -0.2) is 4.68 Å². The van der Waals surface area contributed by atoms with Gasteiger partial charge in [0.15, 0.2) is 0 Å². The van der Waals surface area contributed by atoms with E-state index in [4.69, 9.17) is 5.73 Å². The van der Waals surface area contributed by atoms with Crippen LogP contribution in [0.1, 0.15) is 19.3 Å². The van der Waals surface area contributed by atoms with E-state index in [2.05, 4.69) is 10.4 Å². The molecule has 2 atom stereocenters. The van der Waals surface area contributed by atoms with E-state index in [-0.39, 0.29) is 11.8 Å². The SMILES string of the molecule is Nc1ccc(-n2nccc2NC(=O)C2CC3CC3C2)cc1. The maximum Gasteiger partial charge on any atom is 0.228 e. The molecule has 1 aromatic carbocycles. The molecule has 108 valence electrons. The average molecular weight is 282 g/mol. The molecule has 5 nitrogen and oxygen atoms in total. The number of benzene rings is 1. The van der Waals surface area contributed by atoms with Gasteiger partial charge in [-0.05, 0) is 55.4 Å². The van der Waals surface area contributed by atoms with Gasteiger partial charge in [0.2, 0.25) is 5.91 Å². The molecular formula is C16H18N4O. The minimum atomic E-state index is 0.124. The van der Waals surface area contributed by atoms with Crippen LogP contribution in [0.2, 0.25) is 0 Å². The molecule has 1 aromatic heterocycles. The van der Waals surface area contributed by atoms with E-state index in [1.54, 1.807) is 10.9 Å². The van der Waals surface area contributed by atoms with Crippen molar-refractivity contribution in [3.8, 4) is 5.69 Å². The second kappa shape index (κ2) is 4.62. The van der Waals surface area contributed by atoms with Crippen LogP contribution in [-0.4, -0.2) is 15.7 Å². The summed E-state index contributed by atoms with van der Waals surface area (Å²) in [6.45, 7) is 0. The number of fused-ring (bicyclic) bond motifs is 1. The molecule has 2 aliphatic carbocycles. The number of nitrogens with zero attached hydrogens (tertiary/aromatic N) is 2. The highest BCUT2D eigenvalue weighted by Crippen LogP contribution is 2.54. The largest absolute Gasteiger partial charge is 0.399 e. The summed E-state index contributed by atoms with van der Waals surface area (Å²) >= 11 is 0. The van der Waals surface area contributed by atoms with Crippen LogP contribution in [0.3, 0.4) is 0 Å². The van der Waals surface area contributed by atoms with Crippen molar-refractivity contribution in [1.29, 1.82) is 0 Å². The number of nitrogens with two attached hydrogens (primary N) is 1. The molecule has 2 fully saturated rings. The molecule has 3 N–H and O–H groups in total. The van der Waals surface area contributed by atoms with E-state index < -0.39 is 0 Å². The summed E-state index contributed by atoms with van der Waals surface area (Å²) in [4.78, 5) is 12.3. The molecule has 21 heavy (non-hydrogen) atoms.